The maximum atomic E-state index is 10.2. The summed E-state index contributed by atoms with van der Waals surface area (Å²) in [6.07, 6.45) is 8.13. The quantitative estimate of drug-likeness (QED) is 0.626. The molecule has 0 aliphatic heterocycles. The molecule has 0 radical (unpaired) electrons. The number of hydrogen-bond acceptors (Lipinski definition) is 1. The van der Waals surface area contributed by atoms with Crippen molar-refractivity contribution in [2.45, 2.75) is 59.0 Å². The van der Waals surface area contributed by atoms with E-state index in [-0.39, 0.29) is 0 Å². The first-order valence-corrected chi connectivity index (χ1v) is 5.48. The van der Waals surface area contributed by atoms with E-state index in [1.165, 1.54) is 0 Å². The SMILES string of the molecule is CCC=CCC(C)C(O)(CC)CC. The highest BCUT2D eigenvalue weighted by atomic mass is 16.3. The van der Waals surface area contributed by atoms with Gasteiger partial charge in [0.2, 0.25) is 0 Å². The van der Waals surface area contributed by atoms with E-state index in [2.05, 4.69) is 39.8 Å². The highest BCUT2D eigenvalue weighted by Crippen LogP contribution is 2.27. The number of allylic oxidation sites excluding steroid dienone is 2. The minimum atomic E-state index is -0.460. The van der Waals surface area contributed by atoms with Crippen LogP contribution >= 0.6 is 0 Å². The van der Waals surface area contributed by atoms with E-state index in [4.69, 9.17) is 0 Å². The summed E-state index contributed by atoms with van der Waals surface area (Å²) in [6.45, 7) is 8.38. The molecule has 0 spiro atoms. The molecule has 0 rings (SSSR count). The van der Waals surface area contributed by atoms with Crippen molar-refractivity contribution in [3.05, 3.63) is 12.2 Å². The van der Waals surface area contributed by atoms with Crippen LogP contribution in [0.5, 0.6) is 0 Å². The molecule has 1 nitrogen and oxygen atoms in total. The van der Waals surface area contributed by atoms with E-state index >= 15 is 0 Å². The van der Waals surface area contributed by atoms with Gasteiger partial charge in [0.1, 0.15) is 0 Å². The molecule has 0 amide bonds. The first-order chi connectivity index (χ1) is 6.10. The van der Waals surface area contributed by atoms with E-state index in [0.29, 0.717) is 5.92 Å². The van der Waals surface area contributed by atoms with Crippen molar-refractivity contribution >= 4 is 0 Å². The number of rotatable bonds is 6. The topological polar surface area (TPSA) is 20.2 Å². The van der Waals surface area contributed by atoms with Crippen LogP contribution in [0.3, 0.4) is 0 Å². The zero-order chi connectivity index (χ0) is 10.3. The summed E-state index contributed by atoms with van der Waals surface area (Å²) >= 11 is 0. The van der Waals surface area contributed by atoms with Crippen molar-refractivity contribution in [1.82, 2.24) is 0 Å². The smallest absolute Gasteiger partial charge is 0.0670 e. The molecule has 0 saturated carbocycles. The highest BCUT2D eigenvalue weighted by Gasteiger charge is 2.28. The lowest BCUT2D eigenvalue weighted by molar-refractivity contribution is -0.0179. The van der Waals surface area contributed by atoms with Gasteiger partial charge in [-0.2, -0.15) is 0 Å². The standard InChI is InChI=1S/C12H24O/c1-5-8-9-10-11(4)12(13,6-2)7-3/h8-9,11,13H,5-7,10H2,1-4H3. The second-order valence-corrected chi connectivity index (χ2v) is 3.83. The van der Waals surface area contributed by atoms with Crippen LogP contribution in [0.15, 0.2) is 12.2 Å². The average Bonchev–Trinajstić information content (AvgIpc) is 2.17. The Balaban J connectivity index is 4.06. The molecule has 0 aromatic rings. The Hall–Kier alpha value is -0.300. The molecule has 13 heavy (non-hydrogen) atoms. The molecule has 1 atom stereocenters. The third-order valence-electron chi connectivity index (χ3n) is 3.03. The third kappa shape index (κ3) is 3.95. The largest absolute Gasteiger partial charge is 0.390 e. The minimum Gasteiger partial charge on any atom is -0.390 e. The Morgan fingerprint density at radius 2 is 1.69 bits per heavy atom. The van der Waals surface area contributed by atoms with Gasteiger partial charge in [-0.1, -0.05) is 39.8 Å². The van der Waals surface area contributed by atoms with Gasteiger partial charge in [-0.15, -0.1) is 0 Å². The molecule has 0 heterocycles. The van der Waals surface area contributed by atoms with Crippen LogP contribution < -0.4 is 0 Å². The number of aliphatic hydroxyl groups is 1. The molecule has 78 valence electrons. The summed E-state index contributed by atoms with van der Waals surface area (Å²) in [5, 5.41) is 10.2. The van der Waals surface area contributed by atoms with Crippen molar-refractivity contribution < 1.29 is 5.11 Å². The summed E-state index contributed by atoms with van der Waals surface area (Å²) < 4.78 is 0. The van der Waals surface area contributed by atoms with Gasteiger partial charge in [0.15, 0.2) is 0 Å². The zero-order valence-corrected chi connectivity index (χ0v) is 9.51. The van der Waals surface area contributed by atoms with Gasteiger partial charge in [-0.3, -0.25) is 0 Å². The Morgan fingerprint density at radius 3 is 2.08 bits per heavy atom. The van der Waals surface area contributed by atoms with Gasteiger partial charge in [0.25, 0.3) is 0 Å². The molecule has 0 bridgehead atoms. The second-order valence-electron chi connectivity index (χ2n) is 3.83. The van der Waals surface area contributed by atoms with Crippen LogP contribution in [0.4, 0.5) is 0 Å². The van der Waals surface area contributed by atoms with Crippen molar-refractivity contribution in [3.63, 3.8) is 0 Å². The van der Waals surface area contributed by atoms with Gasteiger partial charge in [0, 0.05) is 0 Å². The van der Waals surface area contributed by atoms with E-state index < -0.39 is 5.60 Å². The monoisotopic (exact) mass is 184 g/mol. The normalized spacial score (nSPS) is 15.2. The molecular formula is C12H24O. The maximum Gasteiger partial charge on any atom is 0.0670 e. The fourth-order valence-electron chi connectivity index (χ4n) is 1.63. The zero-order valence-electron chi connectivity index (χ0n) is 9.51. The van der Waals surface area contributed by atoms with Crippen LogP contribution in [-0.2, 0) is 0 Å². The Morgan fingerprint density at radius 1 is 1.15 bits per heavy atom. The molecule has 0 aliphatic rings. The van der Waals surface area contributed by atoms with E-state index in [1.807, 2.05) is 0 Å². The van der Waals surface area contributed by atoms with E-state index in [1.54, 1.807) is 0 Å². The lowest BCUT2D eigenvalue weighted by Gasteiger charge is -2.31. The van der Waals surface area contributed by atoms with Crippen molar-refractivity contribution in [2.75, 3.05) is 0 Å². The molecule has 1 heteroatoms. The van der Waals surface area contributed by atoms with Gasteiger partial charge in [-0.05, 0) is 31.6 Å². The van der Waals surface area contributed by atoms with Crippen molar-refractivity contribution in [1.29, 1.82) is 0 Å². The third-order valence-corrected chi connectivity index (χ3v) is 3.03. The average molecular weight is 184 g/mol. The van der Waals surface area contributed by atoms with Crippen LogP contribution in [0, 0.1) is 5.92 Å². The molecule has 0 aromatic carbocycles. The fourth-order valence-corrected chi connectivity index (χ4v) is 1.63. The summed E-state index contributed by atoms with van der Waals surface area (Å²) in [5.41, 5.74) is -0.460. The Bertz CT molecular complexity index is 145. The summed E-state index contributed by atoms with van der Waals surface area (Å²) in [5.74, 6) is 0.366. The van der Waals surface area contributed by atoms with Gasteiger partial charge in [0.05, 0.1) is 5.60 Å². The number of hydrogen-bond donors (Lipinski definition) is 1. The molecular weight excluding hydrogens is 160 g/mol. The van der Waals surface area contributed by atoms with Crippen LogP contribution in [0.1, 0.15) is 53.4 Å². The Labute approximate surface area is 82.9 Å². The van der Waals surface area contributed by atoms with Gasteiger partial charge < -0.3 is 5.11 Å². The van der Waals surface area contributed by atoms with E-state index in [9.17, 15) is 5.11 Å². The lowest BCUT2D eigenvalue weighted by Crippen LogP contribution is -2.34. The molecule has 0 aliphatic carbocycles. The highest BCUT2D eigenvalue weighted by molar-refractivity contribution is 4.89. The fraction of sp³-hybridized carbons (Fsp3) is 0.833. The maximum absolute atomic E-state index is 10.2. The van der Waals surface area contributed by atoms with Gasteiger partial charge in [-0.25, -0.2) is 0 Å². The Kier molecular flexibility index (Phi) is 6.06. The summed E-state index contributed by atoms with van der Waals surface area (Å²) in [4.78, 5) is 0. The molecule has 0 aromatic heterocycles. The van der Waals surface area contributed by atoms with Crippen LogP contribution in [0.25, 0.3) is 0 Å². The molecule has 1 unspecified atom stereocenters. The molecule has 0 saturated heterocycles. The summed E-state index contributed by atoms with van der Waals surface area (Å²) in [6, 6.07) is 0. The first-order valence-electron chi connectivity index (χ1n) is 5.48. The summed E-state index contributed by atoms with van der Waals surface area (Å²) in [7, 11) is 0. The lowest BCUT2D eigenvalue weighted by atomic mass is 9.82. The van der Waals surface area contributed by atoms with Crippen molar-refractivity contribution in [3.8, 4) is 0 Å². The van der Waals surface area contributed by atoms with Gasteiger partial charge >= 0.3 is 0 Å². The predicted molar refractivity (Wildman–Crippen MR) is 58.7 cm³/mol. The van der Waals surface area contributed by atoms with Crippen LogP contribution in [0.2, 0.25) is 0 Å². The molecule has 0 fully saturated rings. The van der Waals surface area contributed by atoms with Crippen LogP contribution in [-0.4, -0.2) is 10.7 Å². The van der Waals surface area contributed by atoms with E-state index in [0.717, 1.165) is 25.7 Å². The van der Waals surface area contributed by atoms with Crippen molar-refractivity contribution in [2.24, 2.45) is 5.92 Å². The minimum absolute atomic E-state index is 0.366. The second kappa shape index (κ2) is 6.20. The first kappa shape index (κ1) is 12.7. The molecule has 1 N–H and O–H groups in total. The predicted octanol–water partition coefficient (Wildman–Crippen LogP) is 3.53.